The molecule has 0 N–H and O–H groups in total. The molecule has 84 heavy (non-hydrogen) atoms. The second-order valence-corrected chi connectivity index (χ2v) is 24.9. The zero-order valence-electron chi connectivity index (χ0n) is 52.7. The van der Waals surface area contributed by atoms with Gasteiger partial charge in [-0.2, -0.15) is 0 Å². The predicted octanol–water partition coefficient (Wildman–Crippen LogP) is 25.0. The first-order valence-electron chi connectivity index (χ1n) is 33.7. The van der Waals surface area contributed by atoms with Crippen LogP contribution in [0.5, 0.6) is 0 Å². The standard InChI is InChI=1S/C82H100N2/c1-7-11-15-19-23-29-41-65-57-78(68(50-62(65)6)42-30-24-20-16-12-8-2)74-54-75(56-76(55-74)82-83-80(63-37-33-27-34-38-63)60-81(84-82)64-39-35-28-36-40-64)79-59-69(43-31-25-21-17-13-9-3)77(58-70(79)44-32-26-22-18-14-10-4)71-48-47-67-51-72-49-61(5)45-46-66(72)52-73(67)53-71/h27-28,33-40,45-60H,7-26,29-32,41-44H2,1-6H3. The predicted molar refractivity (Wildman–Crippen MR) is 367 cm³/mol. The molecule has 8 aromatic carbocycles. The number of benzene rings is 8. The van der Waals surface area contributed by atoms with Crippen molar-refractivity contribution in [2.75, 3.05) is 0 Å². The molecule has 0 spiro atoms. The largest absolute Gasteiger partial charge is 0.228 e. The number of hydrogen-bond acceptors (Lipinski definition) is 2. The van der Waals surface area contributed by atoms with Gasteiger partial charge in [-0.3, -0.25) is 0 Å². The van der Waals surface area contributed by atoms with E-state index >= 15 is 0 Å². The van der Waals surface area contributed by atoms with Crippen molar-refractivity contribution in [1.82, 2.24) is 9.97 Å². The van der Waals surface area contributed by atoms with E-state index < -0.39 is 0 Å². The highest BCUT2D eigenvalue weighted by molar-refractivity contribution is 6.00. The molecule has 0 bridgehead atoms. The van der Waals surface area contributed by atoms with Gasteiger partial charge in [-0.15, -0.1) is 0 Å². The van der Waals surface area contributed by atoms with Crippen LogP contribution in [0.3, 0.4) is 0 Å². The van der Waals surface area contributed by atoms with E-state index in [1.165, 1.54) is 242 Å². The minimum atomic E-state index is 0.774. The Labute approximate surface area is 508 Å². The summed E-state index contributed by atoms with van der Waals surface area (Å²) in [6.07, 6.45) is 35.1. The zero-order valence-corrected chi connectivity index (χ0v) is 52.7. The summed E-state index contributed by atoms with van der Waals surface area (Å²) in [5, 5.41) is 5.24. The van der Waals surface area contributed by atoms with Crippen molar-refractivity contribution in [3.63, 3.8) is 0 Å². The van der Waals surface area contributed by atoms with Gasteiger partial charge in [0.2, 0.25) is 0 Å². The Morgan fingerprint density at radius 2 is 0.643 bits per heavy atom. The molecule has 1 heterocycles. The number of rotatable bonds is 34. The number of aromatic nitrogens is 2. The molecule has 0 saturated carbocycles. The maximum atomic E-state index is 5.57. The zero-order chi connectivity index (χ0) is 58.3. The summed E-state index contributed by atoms with van der Waals surface area (Å²) in [5.74, 6) is 0.774. The molecule has 0 radical (unpaired) electrons. The van der Waals surface area contributed by atoms with Gasteiger partial charge in [0.1, 0.15) is 0 Å². The lowest BCUT2D eigenvalue weighted by Crippen LogP contribution is -2.01. The SMILES string of the molecule is CCCCCCCCc1cc(-c2cc(-c3nc(-c4ccccc4)cc(-c4ccccc4)n3)cc(-c3cc(CCCCCCCC)c(-c4ccc5cc6cc(C)ccc6cc5c4)cc3CCCCCCCC)c2)c(CCCCCCCC)cc1C. The van der Waals surface area contributed by atoms with Crippen LogP contribution in [0.4, 0.5) is 0 Å². The van der Waals surface area contributed by atoms with Gasteiger partial charge in [0.05, 0.1) is 11.4 Å². The monoisotopic (exact) mass is 1110 g/mol. The van der Waals surface area contributed by atoms with Gasteiger partial charge >= 0.3 is 0 Å². The second-order valence-electron chi connectivity index (χ2n) is 24.9. The maximum Gasteiger partial charge on any atom is 0.160 e. The first kappa shape index (κ1) is 61.9. The maximum absolute atomic E-state index is 5.57. The average Bonchev–Trinajstić information content (AvgIpc) is 3.46. The third-order valence-electron chi connectivity index (χ3n) is 18.0. The molecule has 0 amide bonds. The van der Waals surface area contributed by atoms with Crippen molar-refractivity contribution >= 4 is 21.5 Å². The van der Waals surface area contributed by atoms with E-state index in [2.05, 4.69) is 199 Å². The van der Waals surface area contributed by atoms with Crippen LogP contribution in [-0.2, 0) is 25.7 Å². The molecule has 0 aliphatic heterocycles. The Morgan fingerprint density at radius 1 is 0.262 bits per heavy atom. The number of nitrogens with zero attached hydrogens (tertiary/aromatic N) is 2. The van der Waals surface area contributed by atoms with Crippen molar-refractivity contribution in [2.24, 2.45) is 0 Å². The molecule has 9 rings (SSSR count). The van der Waals surface area contributed by atoms with Crippen LogP contribution in [0.1, 0.15) is 215 Å². The quantitative estimate of drug-likeness (QED) is 0.0297. The van der Waals surface area contributed by atoms with Gasteiger partial charge in [0.15, 0.2) is 5.82 Å². The second kappa shape index (κ2) is 32.6. The minimum absolute atomic E-state index is 0.774. The summed E-state index contributed by atoms with van der Waals surface area (Å²) in [6.45, 7) is 13.9. The molecular formula is C82H100N2. The number of unbranched alkanes of at least 4 members (excludes halogenated alkanes) is 20. The fourth-order valence-corrected chi connectivity index (χ4v) is 13.0. The van der Waals surface area contributed by atoms with Crippen molar-refractivity contribution in [1.29, 1.82) is 0 Å². The lowest BCUT2D eigenvalue weighted by molar-refractivity contribution is 0.605. The topological polar surface area (TPSA) is 25.8 Å². The highest BCUT2D eigenvalue weighted by atomic mass is 14.9. The highest BCUT2D eigenvalue weighted by Gasteiger charge is 2.20. The molecule has 2 heteroatoms. The third kappa shape index (κ3) is 17.3. The van der Waals surface area contributed by atoms with E-state index in [1.54, 1.807) is 0 Å². The Kier molecular flexibility index (Phi) is 24.0. The average molecular weight is 1110 g/mol. The van der Waals surface area contributed by atoms with Crippen LogP contribution < -0.4 is 0 Å². The van der Waals surface area contributed by atoms with Gasteiger partial charge < -0.3 is 0 Å². The van der Waals surface area contributed by atoms with Gasteiger partial charge in [-0.25, -0.2) is 9.97 Å². The first-order chi connectivity index (χ1) is 41.3. The lowest BCUT2D eigenvalue weighted by atomic mass is 9.84. The summed E-state index contributed by atoms with van der Waals surface area (Å²) in [4.78, 5) is 11.1. The van der Waals surface area contributed by atoms with Crippen LogP contribution in [0.15, 0.2) is 158 Å². The van der Waals surface area contributed by atoms with E-state index in [-0.39, 0.29) is 0 Å². The molecule has 438 valence electrons. The van der Waals surface area contributed by atoms with E-state index in [1.807, 2.05) is 0 Å². The summed E-state index contributed by atoms with van der Waals surface area (Å²) in [5.41, 5.74) is 21.9. The van der Waals surface area contributed by atoms with Gasteiger partial charge in [0, 0.05) is 16.7 Å². The summed E-state index contributed by atoms with van der Waals surface area (Å²) >= 11 is 0. The van der Waals surface area contributed by atoms with Crippen LogP contribution in [0.2, 0.25) is 0 Å². The molecule has 0 fully saturated rings. The van der Waals surface area contributed by atoms with Crippen molar-refractivity contribution in [3.05, 3.63) is 191 Å². The molecule has 2 nitrogen and oxygen atoms in total. The lowest BCUT2D eigenvalue weighted by Gasteiger charge is -2.21. The van der Waals surface area contributed by atoms with Crippen LogP contribution in [0, 0.1) is 13.8 Å². The summed E-state index contributed by atoms with van der Waals surface area (Å²) < 4.78 is 0. The Bertz CT molecular complexity index is 3420. The Morgan fingerprint density at radius 3 is 1.12 bits per heavy atom. The first-order valence-corrected chi connectivity index (χ1v) is 33.7. The number of fused-ring (bicyclic) bond motifs is 2. The fourth-order valence-electron chi connectivity index (χ4n) is 13.0. The van der Waals surface area contributed by atoms with Crippen molar-refractivity contribution in [3.8, 4) is 67.3 Å². The van der Waals surface area contributed by atoms with Gasteiger partial charge in [-0.05, 0) is 190 Å². The molecule has 0 saturated heterocycles. The molecule has 0 aliphatic carbocycles. The molecular weight excluding hydrogens is 1010 g/mol. The molecule has 1 aromatic heterocycles. The van der Waals surface area contributed by atoms with Crippen molar-refractivity contribution < 1.29 is 0 Å². The fraction of sp³-hybridized carbons (Fsp3) is 0.415. The highest BCUT2D eigenvalue weighted by Crippen LogP contribution is 2.42. The molecule has 0 aliphatic rings. The van der Waals surface area contributed by atoms with Crippen LogP contribution >= 0.6 is 0 Å². The number of aryl methyl sites for hydroxylation is 6. The van der Waals surface area contributed by atoms with Gasteiger partial charge in [0.25, 0.3) is 0 Å². The van der Waals surface area contributed by atoms with E-state index in [4.69, 9.17) is 9.97 Å². The third-order valence-corrected chi connectivity index (χ3v) is 18.0. The molecule has 9 aromatic rings. The Balaban J connectivity index is 1.26. The summed E-state index contributed by atoms with van der Waals surface area (Å²) in [6, 6.07) is 60.7. The molecule has 0 atom stereocenters. The van der Waals surface area contributed by atoms with Gasteiger partial charge in [-0.1, -0.05) is 277 Å². The van der Waals surface area contributed by atoms with E-state index in [0.717, 1.165) is 59.6 Å². The molecule has 0 unspecified atom stereocenters. The van der Waals surface area contributed by atoms with Crippen LogP contribution in [0.25, 0.3) is 88.8 Å². The Hall–Kier alpha value is -6.64. The summed E-state index contributed by atoms with van der Waals surface area (Å²) in [7, 11) is 0. The number of hydrogen-bond donors (Lipinski definition) is 0. The van der Waals surface area contributed by atoms with Crippen LogP contribution in [-0.4, -0.2) is 9.97 Å². The van der Waals surface area contributed by atoms with Crippen molar-refractivity contribution in [2.45, 2.75) is 221 Å². The minimum Gasteiger partial charge on any atom is -0.228 e. The normalized spacial score (nSPS) is 11.6. The smallest absolute Gasteiger partial charge is 0.160 e. The van der Waals surface area contributed by atoms with E-state index in [0.29, 0.717) is 0 Å². The van der Waals surface area contributed by atoms with E-state index in [9.17, 15) is 0 Å².